The average Bonchev–Trinajstić information content (AvgIpc) is 2.16. The third-order valence-corrected chi connectivity index (χ3v) is 1.24. The second kappa shape index (κ2) is 3.39. The zero-order valence-electron chi connectivity index (χ0n) is 6.02. The third-order valence-electron chi connectivity index (χ3n) is 1.24. The number of aldehydes is 2. The number of hydrogen-bond acceptors (Lipinski definition) is 4. The van der Waals surface area contributed by atoms with Crippen LogP contribution in [0, 0.1) is 11.3 Å². The molecule has 4 nitrogen and oxygen atoms in total. The molecule has 1 rings (SSSR count). The van der Waals surface area contributed by atoms with Crippen molar-refractivity contribution in [2.75, 3.05) is 0 Å². The molecule has 0 fully saturated rings. The fraction of sp³-hybridized carbons (Fsp3) is 0. The van der Waals surface area contributed by atoms with E-state index in [1.807, 2.05) is 0 Å². The van der Waals surface area contributed by atoms with Gasteiger partial charge in [-0.2, -0.15) is 5.26 Å². The van der Waals surface area contributed by atoms with Gasteiger partial charge in [-0.15, -0.1) is 0 Å². The quantitative estimate of drug-likeness (QED) is 0.593. The number of carbonyl (C=O) groups is 2. The second-order valence-electron chi connectivity index (χ2n) is 2.06. The van der Waals surface area contributed by atoms with Crippen LogP contribution >= 0.6 is 0 Å². The summed E-state index contributed by atoms with van der Waals surface area (Å²) in [6.07, 6.45) is 1.06. The van der Waals surface area contributed by atoms with Crippen molar-refractivity contribution in [3.63, 3.8) is 0 Å². The van der Waals surface area contributed by atoms with Gasteiger partial charge < -0.3 is 0 Å². The number of rotatable bonds is 2. The number of nitrogens with zero attached hydrogens (tertiary/aromatic N) is 2. The van der Waals surface area contributed by atoms with Crippen LogP contribution in [0.25, 0.3) is 0 Å². The molecule has 0 saturated heterocycles. The first-order valence-electron chi connectivity index (χ1n) is 3.12. The number of hydrogen-bond donors (Lipinski definition) is 0. The number of pyridine rings is 1. The van der Waals surface area contributed by atoms with E-state index in [9.17, 15) is 9.59 Å². The van der Waals surface area contributed by atoms with Crippen molar-refractivity contribution in [1.82, 2.24) is 4.98 Å². The summed E-state index contributed by atoms with van der Waals surface area (Å²) in [6.45, 7) is 0. The van der Waals surface area contributed by atoms with Gasteiger partial charge in [0.2, 0.25) is 0 Å². The Kier molecular flexibility index (Phi) is 2.29. The van der Waals surface area contributed by atoms with Gasteiger partial charge in [-0.05, 0) is 12.1 Å². The first-order valence-corrected chi connectivity index (χ1v) is 3.12. The van der Waals surface area contributed by atoms with Gasteiger partial charge in [0.1, 0.15) is 23.7 Å². The minimum Gasteiger partial charge on any atom is -0.298 e. The molecule has 1 heterocycles. The summed E-state index contributed by atoms with van der Waals surface area (Å²) in [7, 11) is 0. The zero-order valence-corrected chi connectivity index (χ0v) is 6.02. The lowest BCUT2D eigenvalue weighted by molar-refractivity contribution is 0.111. The molecule has 0 unspecified atom stereocenters. The molecule has 0 atom stereocenters. The van der Waals surface area contributed by atoms with Crippen LogP contribution in [-0.2, 0) is 0 Å². The van der Waals surface area contributed by atoms with Crippen molar-refractivity contribution >= 4 is 12.6 Å². The molecule has 0 aliphatic carbocycles. The Bertz CT molecular complexity index is 340. The molecular weight excluding hydrogens is 156 g/mol. The molecule has 4 heteroatoms. The normalized spacial score (nSPS) is 8.58. The van der Waals surface area contributed by atoms with Gasteiger partial charge in [-0.1, -0.05) is 0 Å². The Morgan fingerprint density at radius 2 is 2.08 bits per heavy atom. The van der Waals surface area contributed by atoms with Crippen LogP contribution in [0.4, 0.5) is 0 Å². The Hall–Kier alpha value is -2.02. The predicted molar refractivity (Wildman–Crippen MR) is 39.7 cm³/mol. The van der Waals surface area contributed by atoms with Crippen LogP contribution in [0.2, 0.25) is 0 Å². The lowest BCUT2D eigenvalue weighted by Gasteiger charge is -1.92. The van der Waals surface area contributed by atoms with Crippen LogP contribution in [0.15, 0.2) is 12.1 Å². The van der Waals surface area contributed by atoms with Crippen molar-refractivity contribution < 1.29 is 9.59 Å². The Morgan fingerprint density at radius 3 is 2.58 bits per heavy atom. The molecule has 0 bridgehead atoms. The lowest BCUT2D eigenvalue weighted by Crippen LogP contribution is -1.93. The maximum absolute atomic E-state index is 10.3. The Labute approximate surface area is 68.5 Å². The van der Waals surface area contributed by atoms with E-state index in [4.69, 9.17) is 5.26 Å². The standard InChI is InChI=1S/C8H4N2O2/c9-3-7-1-6(4-11)2-8(5-12)10-7/h1-2,4-5H. The van der Waals surface area contributed by atoms with Crippen LogP contribution in [0.1, 0.15) is 26.5 Å². The second-order valence-corrected chi connectivity index (χ2v) is 2.06. The van der Waals surface area contributed by atoms with Gasteiger partial charge in [0.05, 0.1) is 0 Å². The molecule has 0 aliphatic rings. The van der Waals surface area contributed by atoms with Gasteiger partial charge in [-0.25, -0.2) is 4.98 Å². The maximum atomic E-state index is 10.3. The number of carbonyl (C=O) groups excluding carboxylic acids is 2. The summed E-state index contributed by atoms with van der Waals surface area (Å²) in [5, 5.41) is 8.43. The summed E-state index contributed by atoms with van der Waals surface area (Å²) in [6, 6.07) is 4.39. The predicted octanol–water partition coefficient (Wildman–Crippen LogP) is 0.578. The molecule has 0 amide bonds. The first kappa shape index (κ1) is 8.08. The molecule has 1 aromatic heterocycles. The van der Waals surface area contributed by atoms with Crippen LogP contribution in [-0.4, -0.2) is 17.6 Å². The van der Waals surface area contributed by atoms with E-state index in [1.54, 1.807) is 6.07 Å². The highest BCUT2D eigenvalue weighted by Crippen LogP contribution is 2.01. The monoisotopic (exact) mass is 160 g/mol. The van der Waals surface area contributed by atoms with Crippen molar-refractivity contribution in [3.8, 4) is 6.07 Å². The number of aromatic nitrogens is 1. The summed E-state index contributed by atoms with van der Waals surface area (Å²) < 4.78 is 0. The summed E-state index contributed by atoms with van der Waals surface area (Å²) >= 11 is 0. The fourth-order valence-corrected chi connectivity index (χ4v) is 0.760. The molecule has 0 aromatic carbocycles. The van der Waals surface area contributed by atoms with Crippen LogP contribution in [0.3, 0.4) is 0 Å². The van der Waals surface area contributed by atoms with Crippen molar-refractivity contribution in [3.05, 3.63) is 29.1 Å². The van der Waals surface area contributed by atoms with E-state index in [-0.39, 0.29) is 17.0 Å². The highest BCUT2D eigenvalue weighted by Gasteiger charge is 1.99. The maximum Gasteiger partial charge on any atom is 0.168 e. The van der Waals surface area contributed by atoms with Crippen molar-refractivity contribution in [2.45, 2.75) is 0 Å². The zero-order chi connectivity index (χ0) is 8.97. The molecule has 0 aliphatic heterocycles. The Balaban J connectivity index is 3.30. The molecule has 0 radical (unpaired) electrons. The average molecular weight is 160 g/mol. The van der Waals surface area contributed by atoms with Crippen LogP contribution in [0.5, 0.6) is 0 Å². The Morgan fingerprint density at radius 1 is 1.33 bits per heavy atom. The van der Waals surface area contributed by atoms with Crippen molar-refractivity contribution in [1.29, 1.82) is 5.26 Å². The topological polar surface area (TPSA) is 70.8 Å². The summed E-state index contributed by atoms with van der Waals surface area (Å²) in [5.74, 6) is 0. The highest BCUT2D eigenvalue weighted by molar-refractivity contribution is 5.80. The van der Waals surface area contributed by atoms with Gasteiger partial charge >= 0.3 is 0 Å². The first-order chi connectivity index (χ1) is 5.80. The van der Waals surface area contributed by atoms with E-state index in [2.05, 4.69) is 4.98 Å². The molecule has 12 heavy (non-hydrogen) atoms. The van der Waals surface area contributed by atoms with Gasteiger partial charge in [0, 0.05) is 5.56 Å². The molecule has 58 valence electrons. The minimum atomic E-state index is 0.0710. The SMILES string of the molecule is N#Cc1cc(C=O)cc(C=O)n1. The summed E-state index contributed by atoms with van der Waals surface area (Å²) in [4.78, 5) is 24.2. The molecule has 0 N–H and O–H groups in total. The largest absolute Gasteiger partial charge is 0.298 e. The van der Waals surface area contributed by atoms with Gasteiger partial charge in [-0.3, -0.25) is 9.59 Å². The third kappa shape index (κ3) is 1.52. The van der Waals surface area contributed by atoms with E-state index in [0.29, 0.717) is 12.6 Å². The van der Waals surface area contributed by atoms with Crippen molar-refractivity contribution in [2.24, 2.45) is 0 Å². The van der Waals surface area contributed by atoms with E-state index in [0.717, 1.165) is 0 Å². The van der Waals surface area contributed by atoms with E-state index in [1.165, 1.54) is 12.1 Å². The number of nitriles is 1. The fourth-order valence-electron chi connectivity index (χ4n) is 0.760. The van der Waals surface area contributed by atoms with E-state index >= 15 is 0 Å². The molecule has 1 aromatic rings. The summed E-state index contributed by atoms with van der Waals surface area (Å²) in [5.41, 5.74) is 0.446. The van der Waals surface area contributed by atoms with Crippen LogP contribution < -0.4 is 0 Å². The lowest BCUT2D eigenvalue weighted by atomic mass is 10.2. The smallest absolute Gasteiger partial charge is 0.168 e. The van der Waals surface area contributed by atoms with Gasteiger partial charge in [0.25, 0.3) is 0 Å². The highest BCUT2D eigenvalue weighted by atomic mass is 16.1. The van der Waals surface area contributed by atoms with Gasteiger partial charge in [0.15, 0.2) is 6.29 Å². The van der Waals surface area contributed by atoms with E-state index < -0.39 is 0 Å². The molecule has 0 saturated carbocycles. The molecule has 0 spiro atoms. The molecular formula is C8H4N2O2. The minimum absolute atomic E-state index is 0.0710.